The fourth-order valence-electron chi connectivity index (χ4n) is 2.81. The third-order valence-corrected chi connectivity index (χ3v) is 3.64. The fraction of sp³-hybridized carbons (Fsp3) is 0.714. The van der Waals surface area contributed by atoms with Gasteiger partial charge in [0.1, 0.15) is 0 Å². The summed E-state index contributed by atoms with van der Waals surface area (Å²) in [6.45, 7) is 1.40. The Morgan fingerprint density at radius 2 is 2.12 bits per heavy atom. The van der Waals surface area contributed by atoms with E-state index in [4.69, 9.17) is 4.84 Å². The molecule has 0 aromatic heterocycles. The Balaban J connectivity index is 2.08. The molecule has 0 spiro atoms. The second-order valence-corrected chi connectivity index (χ2v) is 4.99. The van der Waals surface area contributed by atoms with Gasteiger partial charge in [0.05, 0.1) is 5.71 Å². The number of hydrogen-bond donors (Lipinski definition) is 0. The molecule has 0 aromatic carbocycles. The van der Waals surface area contributed by atoms with Crippen LogP contribution in [0.2, 0.25) is 0 Å². The van der Waals surface area contributed by atoms with E-state index in [1.54, 1.807) is 0 Å². The van der Waals surface area contributed by atoms with Crippen LogP contribution in [0.4, 0.5) is 0 Å². The first-order valence-electron chi connectivity index (χ1n) is 6.70. The highest BCUT2D eigenvalue weighted by atomic mass is 16.7. The van der Waals surface area contributed by atoms with Gasteiger partial charge in [0.15, 0.2) is 0 Å². The van der Waals surface area contributed by atoms with Gasteiger partial charge in [-0.1, -0.05) is 23.2 Å². The van der Waals surface area contributed by atoms with Crippen molar-refractivity contribution in [3.05, 3.63) is 11.6 Å². The summed E-state index contributed by atoms with van der Waals surface area (Å²) in [6, 6.07) is 0. The standard InChI is InChI=1S/C14H21NO2/c1-11(16)17-15-14-10-6-5-9-13(14)12-7-3-2-4-8-12/h7,13H,2-6,8-10H2,1H3/b15-14+. The molecule has 0 radical (unpaired) electrons. The number of rotatable bonds is 2. The molecule has 1 atom stereocenters. The average molecular weight is 235 g/mol. The summed E-state index contributed by atoms with van der Waals surface area (Å²) in [4.78, 5) is 15.6. The van der Waals surface area contributed by atoms with Crippen molar-refractivity contribution < 1.29 is 9.63 Å². The number of carbonyl (C=O) groups excluding carboxylic acids is 1. The predicted molar refractivity (Wildman–Crippen MR) is 67.7 cm³/mol. The molecule has 1 saturated carbocycles. The summed E-state index contributed by atoms with van der Waals surface area (Å²) in [5.41, 5.74) is 2.61. The topological polar surface area (TPSA) is 38.7 Å². The molecule has 2 rings (SSSR count). The smallest absolute Gasteiger partial charge is 0.319 e. The van der Waals surface area contributed by atoms with Gasteiger partial charge in [-0.15, -0.1) is 0 Å². The quantitative estimate of drug-likeness (QED) is 0.417. The van der Waals surface area contributed by atoms with E-state index in [9.17, 15) is 4.79 Å². The maximum Gasteiger partial charge on any atom is 0.331 e. The highest BCUT2D eigenvalue weighted by Crippen LogP contribution is 2.33. The third-order valence-electron chi connectivity index (χ3n) is 3.64. The lowest BCUT2D eigenvalue weighted by Crippen LogP contribution is -2.23. The Morgan fingerprint density at radius 3 is 2.82 bits per heavy atom. The Bertz CT molecular complexity index is 344. The number of nitrogens with zero attached hydrogens (tertiary/aromatic N) is 1. The summed E-state index contributed by atoms with van der Waals surface area (Å²) < 4.78 is 0. The second kappa shape index (κ2) is 5.99. The van der Waals surface area contributed by atoms with Crippen LogP contribution in [0, 0.1) is 5.92 Å². The average Bonchev–Trinajstić information content (AvgIpc) is 2.38. The number of allylic oxidation sites excluding steroid dienone is 2. The van der Waals surface area contributed by atoms with Crippen molar-refractivity contribution in [2.24, 2.45) is 11.1 Å². The molecule has 2 aliphatic rings. The number of oxime groups is 1. The molecule has 94 valence electrons. The molecule has 1 fully saturated rings. The minimum absolute atomic E-state index is 0.320. The molecule has 0 N–H and O–H groups in total. The van der Waals surface area contributed by atoms with Crippen LogP contribution in [0.15, 0.2) is 16.8 Å². The van der Waals surface area contributed by atoms with Crippen LogP contribution in [-0.2, 0) is 9.63 Å². The first-order valence-corrected chi connectivity index (χ1v) is 6.70. The van der Waals surface area contributed by atoms with Crippen molar-refractivity contribution in [2.75, 3.05) is 0 Å². The molecule has 1 unspecified atom stereocenters. The van der Waals surface area contributed by atoms with Crippen LogP contribution in [0.3, 0.4) is 0 Å². The van der Waals surface area contributed by atoms with Crippen LogP contribution in [0.5, 0.6) is 0 Å². The molecule has 17 heavy (non-hydrogen) atoms. The zero-order valence-electron chi connectivity index (χ0n) is 10.6. The van der Waals surface area contributed by atoms with Gasteiger partial charge in [0.2, 0.25) is 0 Å². The lowest BCUT2D eigenvalue weighted by Gasteiger charge is -2.27. The Labute approximate surface area is 103 Å². The number of carbonyl (C=O) groups is 1. The molecule has 3 nitrogen and oxygen atoms in total. The normalized spacial score (nSPS) is 27.7. The predicted octanol–water partition coefficient (Wildman–Crippen LogP) is 3.60. The molecule has 0 aromatic rings. The van der Waals surface area contributed by atoms with E-state index in [1.807, 2.05) is 0 Å². The third kappa shape index (κ3) is 3.42. The van der Waals surface area contributed by atoms with E-state index in [-0.39, 0.29) is 5.97 Å². The van der Waals surface area contributed by atoms with Gasteiger partial charge >= 0.3 is 5.97 Å². The molecule has 0 aliphatic heterocycles. The van der Waals surface area contributed by atoms with Crippen LogP contribution >= 0.6 is 0 Å². The molecule has 2 aliphatic carbocycles. The van der Waals surface area contributed by atoms with Crippen molar-refractivity contribution in [1.82, 2.24) is 0 Å². The lowest BCUT2D eigenvalue weighted by molar-refractivity contribution is -0.141. The lowest BCUT2D eigenvalue weighted by atomic mass is 9.78. The van der Waals surface area contributed by atoms with Crippen molar-refractivity contribution in [3.8, 4) is 0 Å². The van der Waals surface area contributed by atoms with Crippen LogP contribution < -0.4 is 0 Å². The van der Waals surface area contributed by atoms with Gasteiger partial charge in [-0.05, 0) is 44.9 Å². The maximum absolute atomic E-state index is 10.8. The van der Waals surface area contributed by atoms with Crippen molar-refractivity contribution in [3.63, 3.8) is 0 Å². The highest BCUT2D eigenvalue weighted by Gasteiger charge is 2.25. The van der Waals surface area contributed by atoms with Crippen LogP contribution in [0.25, 0.3) is 0 Å². The zero-order valence-corrected chi connectivity index (χ0v) is 10.6. The molecule has 3 heteroatoms. The SMILES string of the molecule is CC(=O)O/N=C1\CCCCC1C1=CCCCC1. The van der Waals surface area contributed by atoms with E-state index in [2.05, 4.69) is 11.2 Å². The highest BCUT2D eigenvalue weighted by molar-refractivity contribution is 5.89. The van der Waals surface area contributed by atoms with Crippen molar-refractivity contribution >= 4 is 11.7 Å². The zero-order chi connectivity index (χ0) is 12.1. The first kappa shape index (κ1) is 12.3. The van der Waals surface area contributed by atoms with Gasteiger partial charge in [-0.3, -0.25) is 0 Å². The number of hydrogen-bond acceptors (Lipinski definition) is 3. The monoisotopic (exact) mass is 235 g/mol. The molecule has 0 heterocycles. The largest absolute Gasteiger partial charge is 0.331 e. The Morgan fingerprint density at radius 1 is 1.29 bits per heavy atom. The first-order chi connectivity index (χ1) is 8.27. The van der Waals surface area contributed by atoms with E-state index >= 15 is 0 Å². The van der Waals surface area contributed by atoms with Crippen molar-refractivity contribution in [1.29, 1.82) is 0 Å². The Kier molecular flexibility index (Phi) is 4.35. The van der Waals surface area contributed by atoms with Crippen molar-refractivity contribution in [2.45, 2.75) is 58.3 Å². The fourth-order valence-corrected chi connectivity index (χ4v) is 2.81. The van der Waals surface area contributed by atoms with Crippen LogP contribution in [0.1, 0.15) is 58.3 Å². The van der Waals surface area contributed by atoms with Gasteiger partial charge in [0, 0.05) is 12.8 Å². The van der Waals surface area contributed by atoms with E-state index in [1.165, 1.54) is 57.4 Å². The summed E-state index contributed by atoms with van der Waals surface area (Å²) in [5.74, 6) is 0.128. The van der Waals surface area contributed by atoms with Gasteiger partial charge in [0.25, 0.3) is 0 Å². The molecule has 0 amide bonds. The van der Waals surface area contributed by atoms with E-state index < -0.39 is 0 Å². The maximum atomic E-state index is 10.8. The minimum atomic E-state index is -0.320. The Hall–Kier alpha value is -1.12. The van der Waals surface area contributed by atoms with Gasteiger partial charge in [-0.2, -0.15) is 0 Å². The van der Waals surface area contributed by atoms with E-state index in [0.29, 0.717) is 5.92 Å². The summed E-state index contributed by atoms with van der Waals surface area (Å²) in [7, 11) is 0. The van der Waals surface area contributed by atoms with Gasteiger partial charge in [-0.25, -0.2) is 4.79 Å². The summed E-state index contributed by atoms with van der Waals surface area (Å²) in [5, 5.41) is 4.07. The summed E-state index contributed by atoms with van der Waals surface area (Å²) in [6.07, 6.45) is 12.0. The van der Waals surface area contributed by atoms with Crippen LogP contribution in [-0.4, -0.2) is 11.7 Å². The minimum Gasteiger partial charge on any atom is -0.319 e. The molecule has 0 saturated heterocycles. The van der Waals surface area contributed by atoms with Gasteiger partial charge < -0.3 is 4.84 Å². The molecular formula is C14H21NO2. The molecule has 0 bridgehead atoms. The molecular weight excluding hydrogens is 214 g/mol. The second-order valence-electron chi connectivity index (χ2n) is 4.99. The van der Waals surface area contributed by atoms with E-state index in [0.717, 1.165) is 12.1 Å². The summed E-state index contributed by atoms with van der Waals surface area (Å²) >= 11 is 0.